The first-order valence-corrected chi connectivity index (χ1v) is 16.8. The monoisotopic (exact) mass is 622 g/mol. The maximum absolute atomic E-state index is 6.38. The lowest BCUT2D eigenvalue weighted by atomic mass is 9.83. The summed E-state index contributed by atoms with van der Waals surface area (Å²) in [6, 6.07) is 65.9. The fourth-order valence-electron chi connectivity index (χ4n) is 7.78. The third-order valence-electron chi connectivity index (χ3n) is 10.0. The summed E-state index contributed by atoms with van der Waals surface area (Å²) < 4.78 is 6.38. The zero-order chi connectivity index (χ0) is 32.3. The Balaban J connectivity index is 1.31. The average molecular weight is 623 g/mol. The third-order valence-corrected chi connectivity index (χ3v) is 10.0. The van der Waals surface area contributed by atoms with Crippen LogP contribution in [0.2, 0.25) is 0 Å². The molecule has 0 radical (unpaired) electrons. The molecular formula is C48H30O. The minimum atomic E-state index is 0.908. The first-order valence-electron chi connectivity index (χ1n) is 16.8. The van der Waals surface area contributed by atoms with Gasteiger partial charge in [-0.15, -0.1) is 0 Å². The van der Waals surface area contributed by atoms with Crippen LogP contribution < -0.4 is 0 Å². The predicted octanol–water partition coefficient (Wildman–Crippen LogP) is 13.7. The van der Waals surface area contributed by atoms with Crippen LogP contribution in [0.1, 0.15) is 0 Å². The van der Waals surface area contributed by atoms with Gasteiger partial charge in [0.2, 0.25) is 0 Å². The van der Waals surface area contributed by atoms with E-state index < -0.39 is 0 Å². The molecule has 0 aliphatic carbocycles. The smallest absolute Gasteiger partial charge is 0.136 e. The van der Waals surface area contributed by atoms with Crippen molar-refractivity contribution in [1.82, 2.24) is 0 Å². The molecule has 1 aromatic heterocycles. The number of para-hydroxylation sites is 1. The topological polar surface area (TPSA) is 13.1 Å². The van der Waals surface area contributed by atoms with Crippen LogP contribution >= 0.6 is 0 Å². The summed E-state index contributed by atoms with van der Waals surface area (Å²) >= 11 is 0. The van der Waals surface area contributed by atoms with Gasteiger partial charge in [-0.05, 0) is 113 Å². The van der Waals surface area contributed by atoms with Gasteiger partial charge in [-0.1, -0.05) is 146 Å². The number of furan rings is 1. The zero-order valence-electron chi connectivity index (χ0n) is 26.7. The normalized spacial score (nSPS) is 11.7. The van der Waals surface area contributed by atoms with E-state index in [0.717, 1.165) is 27.5 Å². The zero-order valence-corrected chi connectivity index (χ0v) is 26.7. The van der Waals surface area contributed by atoms with Crippen molar-refractivity contribution in [1.29, 1.82) is 0 Å². The van der Waals surface area contributed by atoms with Crippen LogP contribution in [0, 0.1) is 0 Å². The molecule has 0 saturated carbocycles. The van der Waals surface area contributed by atoms with Gasteiger partial charge in [0, 0.05) is 10.8 Å². The maximum atomic E-state index is 6.38. The number of fused-ring (bicyclic) bond motifs is 6. The molecule has 1 nitrogen and oxygen atoms in total. The van der Waals surface area contributed by atoms with Gasteiger partial charge in [0.25, 0.3) is 0 Å². The molecular weight excluding hydrogens is 593 g/mol. The molecule has 228 valence electrons. The van der Waals surface area contributed by atoms with E-state index in [4.69, 9.17) is 4.42 Å². The van der Waals surface area contributed by atoms with Crippen molar-refractivity contribution in [3.63, 3.8) is 0 Å². The lowest BCUT2D eigenvalue weighted by Gasteiger charge is -2.20. The number of rotatable bonds is 4. The van der Waals surface area contributed by atoms with E-state index in [0.29, 0.717) is 0 Å². The standard InChI is InChI=1S/C48H30O/c1-3-13-31(14-4-1)33-23-24-34-27-36(32-15-5-2-6-16-32)29-44(43(34)28-33)48-41-20-9-7-18-39(41)47(40-19-8-10-21-42(40)48)35-25-26-38-37-17-11-12-22-45(37)49-46(38)30-35/h1-30H. The lowest BCUT2D eigenvalue weighted by Crippen LogP contribution is -1.93. The molecule has 49 heavy (non-hydrogen) atoms. The molecule has 0 saturated heterocycles. The van der Waals surface area contributed by atoms with E-state index >= 15 is 0 Å². The second kappa shape index (κ2) is 11.1. The van der Waals surface area contributed by atoms with Crippen LogP contribution in [0.4, 0.5) is 0 Å². The Morgan fingerprint density at radius 2 is 0.796 bits per heavy atom. The van der Waals surface area contributed by atoms with Crippen LogP contribution in [0.3, 0.4) is 0 Å². The molecule has 0 aliphatic rings. The Labute approximate surface area is 284 Å². The van der Waals surface area contributed by atoms with Crippen LogP contribution in [0.15, 0.2) is 186 Å². The van der Waals surface area contributed by atoms with Gasteiger partial charge < -0.3 is 4.42 Å². The van der Waals surface area contributed by atoms with Crippen molar-refractivity contribution in [3.05, 3.63) is 182 Å². The highest BCUT2D eigenvalue weighted by Crippen LogP contribution is 2.47. The first-order chi connectivity index (χ1) is 24.3. The van der Waals surface area contributed by atoms with Crippen molar-refractivity contribution in [2.24, 2.45) is 0 Å². The molecule has 0 spiro atoms. The van der Waals surface area contributed by atoms with E-state index in [9.17, 15) is 0 Å². The fraction of sp³-hybridized carbons (Fsp3) is 0. The van der Waals surface area contributed by atoms with Gasteiger partial charge in [0.15, 0.2) is 0 Å². The molecule has 10 rings (SSSR count). The maximum Gasteiger partial charge on any atom is 0.136 e. The largest absolute Gasteiger partial charge is 0.456 e. The van der Waals surface area contributed by atoms with Gasteiger partial charge in [0.05, 0.1) is 0 Å². The van der Waals surface area contributed by atoms with E-state index in [1.807, 2.05) is 12.1 Å². The number of hydrogen-bond acceptors (Lipinski definition) is 1. The van der Waals surface area contributed by atoms with Crippen LogP contribution in [-0.4, -0.2) is 0 Å². The van der Waals surface area contributed by atoms with Gasteiger partial charge >= 0.3 is 0 Å². The summed E-state index contributed by atoms with van der Waals surface area (Å²) in [4.78, 5) is 0. The average Bonchev–Trinajstić information content (AvgIpc) is 3.55. The van der Waals surface area contributed by atoms with Gasteiger partial charge in [-0.25, -0.2) is 0 Å². The summed E-state index contributed by atoms with van der Waals surface area (Å²) in [6.45, 7) is 0. The van der Waals surface area contributed by atoms with Crippen molar-refractivity contribution >= 4 is 54.3 Å². The molecule has 0 fully saturated rings. The predicted molar refractivity (Wildman–Crippen MR) is 208 cm³/mol. The first kappa shape index (κ1) is 27.7. The second-order valence-electron chi connectivity index (χ2n) is 12.8. The van der Waals surface area contributed by atoms with Crippen molar-refractivity contribution in [3.8, 4) is 44.5 Å². The van der Waals surface area contributed by atoms with Crippen LogP contribution in [0.5, 0.6) is 0 Å². The Morgan fingerprint density at radius 3 is 1.47 bits per heavy atom. The number of hydrogen-bond donors (Lipinski definition) is 0. The quantitative estimate of drug-likeness (QED) is 0.178. The number of benzene rings is 9. The molecule has 0 atom stereocenters. The molecule has 0 unspecified atom stereocenters. The fourth-order valence-corrected chi connectivity index (χ4v) is 7.78. The highest BCUT2D eigenvalue weighted by molar-refractivity contribution is 6.24. The second-order valence-corrected chi connectivity index (χ2v) is 12.8. The highest BCUT2D eigenvalue weighted by Gasteiger charge is 2.20. The molecule has 0 aliphatic heterocycles. The molecule has 0 bridgehead atoms. The SMILES string of the molecule is c1ccc(-c2cc(-c3c4ccccc4c(-c4ccc5c(c4)oc4ccccc45)c4ccccc34)c3cc(-c4ccccc4)ccc3c2)cc1. The van der Waals surface area contributed by atoms with Crippen molar-refractivity contribution < 1.29 is 4.42 Å². The van der Waals surface area contributed by atoms with Gasteiger partial charge in [-0.3, -0.25) is 0 Å². The molecule has 9 aromatic carbocycles. The van der Waals surface area contributed by atoms with Gasteiger partial charge in [-0.2, -0.15) is 0 Å². The summed E-state index contributed by atoms with van der Waals surface area (Å²) in [5, 5.41) is 9.68. The molecule has 0 amide bonds. The molecule has 1 heterocycles. The Morgan fingerprint density at radius 1 is 0.265 bits per heavy atom. The molecule has 1 heteroatoms. The summed E-state index contributed by atoms with van der Waals surface area (Å²) in [5.74, 6) is 0. The van der Waals surface area contributed by atoms with E-state index in [1.165, 1.54) is 71.3 Å². The minimum absolute atomic E-state index is 0.908. The summed E-state index contributed by atoms with van der Waals surface area (Å²) in [6.07, 6.45) is 0. The molecule has 10 aromatic rings. The third kappa shape index (κ3) is 4.47. The lowest BCUT2D eigenvalue weighted by molar-refractivity contribution is 0.669. The van der Waals surface area contributed by atoms with E-state index in [2.05, 4.69) is 170 Å². The highest BCUT2D eigenvalue weighted by atomic mass is 16.3. The van der Waals surface area contributed by atoms with Crippen molar-refractivity contribution in [2.45, 2.75) is 0 Å². The van der Waals surface area contributed by atoms with E-state index in [-0.39, 0.29) is 0 Å². The molecule has 0 N–H and O–H groups in total. The summed E-state index contributed by atoms with van der Waals surface area (Å²) in [5.41, 5.74) is 11.6. The Kier molecular flexibility index (Phi) is 6.25. The van der Waals surface area contributed by atoms with Crippen LogP contribution in [0.25, 0.3) is 98.8 Å². The van der Waals surface area contributed by atoms with Gasteiger partial charge in [0.1, 0.15) is 11.2 Å². The van der Waals surface area contributed by atoms with Crippen LogP contribution in [-0.2, 0) is 0 Å². The van der Waals surface area contributed by atoms with Crippen molar-refractivity contribution in [2.75, 3.05) is 0 Å². The Hall–Kier alpha value is -6.44. The van der Waals surface area contributed by atoms with E-state index in [1.54, 1.807) is 0 Å². The Bertz CT molecular complexity index is 2800. The summed E-state index contributed by atoms with van der Waals surface area (Å²) in [7, 11) is 0. The minimum Gasteiger partial charge on any atom is -0.456 e.